The van der Waals surface area contributed by atoms with E-state index in [9.17, 15) is 9.59 Å². The van der Waals surface area contributed by atoms with E-state index in [0.29, 0.717) is 17.9 Å². The van der Waals surface area contributed by atoms with Crippen molar-refractivity contribution >= 4 is 16.6 Å². The molecule has 2 aromatic rings. The van der Waals surface area contributed by atoms with E-state index in [4.69, 9.17) is 16.3 Å². The van der Waals surface area contributed by atoms with E-state index in [0.717, 1.165) is 60.2 Å². The van der Waals surface area contributed by atoms with Gasteiger partial charge in [-0.2, -0.15) is 4.68 Å². The van der Waals surface area contributed by atoms with Gasteiger partial charge in [-0.3, -0.25) is 9.36 Å². The summed E-state index contributed by atoms with van der Waals surface area (Å²) in [7, 11) is 1.70. The third kappa shape index (κ3) is 3.10. The van der Waals surface area contributed by atoms with Crippen LogP contribution in [0.3, 0.4) is 0 Å². The van der Waals surface area contributed by atoms with Crippen LogP contribution in [0, 0.1) is 12.8 Å². The summed E-state index contributed by atoms with van der Waals surface area (Å²) in [4.78, 5) is 27.5. The van der Waals surface area contributed by atoms with Crippen LogP contribution >= 0.6 is 0 Å². The van der Waals surface area contributed by atoms with Crippen LogP contribution in [0.4, 0.5) is 5.69 Å². The Morgan fingerprint density at radius 2 is 2.00 bits per heavy atom. The summed E-state index contributed by atoms with van der Waals surface area (Å²) in [5, 5.41) is 0.503. The largest absolute Gasteiger partial charge is 0.385 e. The fourth-order valence-electron chi connectivity index (χ4n) is 4.46. The average Bonchev–Trinajstić information content (AvgIpc) is 3.40. The van der Waals surface area contributed by atoms with Crippen molar-refractivity contribution in [2.24, 2.45) is 11.7 Å². The molecule has 1 aromatic carbocycles. The molecule has 8 nitrogen and oxygen atoms in total. The third-order valence-electron chi connectivity index (χ3n) is 6.24. The van der Waals surface area contributed by atoms with E-state index < -0.39 is 11.2 Å². The molecule has 28 heavy (non-hydrogen) atoms. The first kappa shape index (κ1) is 19.0. The van der Waals surface area contributed by atoms with Crippen LogP contribution in [0.5, 0.6) is 0 Å². The molecule has 1 aliphatic heterocycles. The fraction of sp³-hybridized carbons (Fsp3) is 0.600. The highest BCUT2D eigenvalue weighted by atomic mass is 16.5. The highest BCUT2D eigenvalue weighted by Gasteiger charge is 2.31. The molecular weight excluding hydrogens is 358 g/mol. The van der Waals surface area contributed by atoms with Crippen molar-refractivity contribution in [3.8, 4) is 0 Å². The van der Waals surface area contributed by atoms with E-state index in [-0.39, 0.29) is 12.1 Å². The van der Waals surface area contributed by atoms with E-state index in [2.05, 4.69) is 4.90 Å². The molecule has 0 amide bonds. The molecule has 4 rings (SSSR count). The topological polar surface area (TPSA) is 109 Å². The van der Waals surface area contributed by atoms with Crippen LogP contribution in [0.25, 0.3) is 10.9 Å². The van der Waals surface area contributed by atoms with Crippen LogP contribution in [-0.2, 0) is 4.74 Å². The Balaban J connectivity index is 1.73. The molecule has 2 atom stereocenters. The summed E-state index contributed by atoms with van der Waals surface area (Å²) >= 11 is 0. The lowest BCUT2D eigenvalue weighted by Crippen LogP contribution is -2.44. The van der Waals surface area contributed by atoms with Crippen molar-refractivity contribution in [3.63, 3.8) is 0 Å². The SMILES string of the molecule is COCC[C@@H](N)[C@@H]1CCN(c2ccc3c(=O)n(N)c(=O)n(C4CC4)c3c2C)C1. The first-order valence-corrected chi connectivity index (χ1v) is 9.99. The summed E-state index contributed by atoms with van der Waals surface area (Å²) in [6, 6.07) is 4.02. The Bertz CT molecular complexity index is 1010. The predicted octanol–water partition coefficient (Wildman–Crippen LogP) is 0.710. The minimum absolute atomic E-state index is 0.111. The monoisotopic (exact) mass is 387 g/mol. The summed E-state index contributed by atoms with van der Waals surface area (Å²) < 4.78 is 7.61. The number of methoxy groups -OCH3 is 1. The Hall–Kier alpha value is -2.32. The summed E-state index contributed by atoms with van der Waals surface area (Å²) in [6.45, 7) is 4.46. The first-order valence-electron chi connectivity index (χ1n) is 9.99. The highest BCUT2D eigenvalue weighted by molar-refractivity contribution is 5.87. The Morgan fingerprint density at radius 3 is 2.68 bits per heavy atom. The minimum Gasteiger partial charge on any atom is -0.385 e. The fourth-order valence-corrected chi connectivity index (χ4v) is 4.46. The van der Waals surface area contributed by atoms with Gasteiger partial charge in [0.1, 0.15) is 0 Å². The molecule has 152 valence electrons. The molecule has 0 radical (unpaired) electrons. The molecule has 1 saturated carbocycles. The second-order valence-corrected chi connectivity index (χ2v) is 8.10. The van der Waals surface area contributed by atoms with Crippen LogP contribution in [0.2, 0.25) is 0 Å². The number of rotatable bonds is 6. The molecule has 0 bridgehead atoms. The Morgan fingerprint density at radius 1 is 1.25 bits per heavy atom. The average molecular weight is 387 g/mol. The lowest BCUT2D eigenvalue weighted by molar-refractivity contribution is 0.180. The minimum atomic E-state index is -0.438. The second-order valence-electron chi connectivity index (χ2n) is 8.10. The first-order chi connectivity index (χ1) is 13.4. The number of aromatic nitrogens is 2. The van der Waals surface area contributed by atoms with Crippen molar-refractivity contribution in [2.75, 3.05) is 37.5 Å². The molecule has 0 unspecified atom stereocenters. The summed E-state index contributed by atoms with van der Waals surface area (Å²) in [6.07, 6.45) is 3.76. The standard InChI is InChI=1S/C20H29N5O3/c1-12-17(23-9-7-13(11-23)16(21)8-10-28-2)6-5-15-18(12)24(14-3-4-14)20(27)25(22)19(15)26/h5-6,13-14,16H,3-4,7-11,21-22H2,1-2H3/t13-,16-/m1/s1. The zero-order chi connectivity index (χ0) is 20.0. The molecule has 8 heteroatoms. The van der Waals surface area contributed by atoms with Crippen molar-refractivity contribution < 1.29 is 4.74 Å². The number of hydrogen-bond acceptors (Lipinski definition) is 6. The molecule has 4 N–H and O–H groups in total. The number of anilines is 1. The van der Waals surface area contributed by atoms with Gasteiger partial charge in [0.05, 0.1) is 10.9 Å². The maximum absolute atomic E-state index is 12.7. The van der Waals surface area contributed by atoms with Gasteiger partial charge in [-0.1, -0.05) is 0 Å². The quantitative estimate of drug-likeness (QED) is 0.707. The lowest BCUT2D eigenvalue weighted by Gasteiger charge is -2.24. The smallest absolute Gasteiger partial charge is 0.350 e. The third-order valence-corrected chi connectivity index (χ3v) is 6.24. The van der Waals surface area contributed by atoms with Gasteiger partial charge in [-0.25, -0.2) is 4.79 Å². The van der Waals surface area contributed by atoms with Crippen LogP contribution < -0.4 is 27.7 Å². The van der Waals surface area contributed by atoms with Gasteiger partial charge >= 0.3 is 5.69 Å². The molecule has 2 aliphatic rings. The highest BCUT2D eigenvalue weighted by Crippen LogP contribution is 2.38. The van der Waals surface area contributed by atoms with Gasteiger partial charge in [0.25, 0.3) is 5.56 Å². The normalized spacial score (nSPS) is 20.8. The van der Waals surface area contributed by atoms with E-state index >= 15 is 0 Å². The number of aryl methyl sites for hydroxylation is 1. The Labute approximate surface area is 163 Å². The molecule has 1 saturated heterocycles. The van der Waals surface area contributed by atoms with Crippen molar-refractivity contribution in [2.45, 2.75) is 44.7 Å². The van der Waals surface area contributed by atoms with Crippen molar-refractivity contribution in [3.05, 3.63) is 38.5 Å². The van der Waals surface area contributed by atoms with Crippen molar-refractivity contribution in [1.29, 1.82) is 0 Å². The van der Waals surface area contributed by atoms with E-state index in [1.807, 2.05) is 13.0 Å². The maximum Gasteiger partial charge on any atom is 0.350 e. The molecule has 0 spiro atoms. The zero-order valence-electron chi connectivity index (χ0n) is 16.6. The zero-order valence-corrected chi connectivity index (χ0v) is 16.6. The van der Waals surface area contributed by atoms with Gasteiger partial charge < -0.3 is 21.2 Å². The van der Waals surface area contributed by atoms with Gasteiger partial charge in [-0.15, -0.1) is 0 Å². The number of hydrogen-bond donors (Lipinski definition) is 2. The summed E-state index contributed by atoms with van der Waals surface area (Å²) in [5.41, 5.74) is 8.24. The molecule has 1 aliphatic carbocycles. The predicted molar refractivity (Wildman–Crippen MR) is 110 cm³/mol. The number of fused-ring (bicyclic) bond motifs is 1. The Kier molecular flexibility index (Phi) is 4.93. The molecule has 1 aromatic heterocycles. The van der Waals surface area contributed by atoms with E-state index in [1.165, 1.54) is 0 Å². The van der Waals surface area contributed by atoms with E-state index in [1.54, 1.807) is 17.7 Å². The van der Waals surface area contributed by atoms with Gasteiger partial charge in [0, 0.05) is 44.6 Å². The molecular formula is C20H29N5O3. The molecule has 2 heterocycles. The second kappa shape index (κ2) is 7.25. The number of ether oxygens (including phenoxy) is 1. The van der Waals surface area contributed by atoms with Crippen molar-refractivity contribution in [1.82, 2.24) is 9.24 Å². The lowest BCUT2D eigenvalue weighted by atomic mass is 9.97. The number of nitrogens with zero attached hydrogens (tertiary/aromatic N) is 3. The van der Waals surface area contributed by atoms with Gasteiger partial charge in [0.15, 0.2) is 0 Å². The van der Waals surface area contributed by atoms with Crippen LogP contribution in [0.15, 0.2) is 21.7 Å². The van der Waals surface area contributed by atoms with Gasteiger partial charge in [0.2, 0.25) is 0 Å². The van der Waals surface area contributed by atoms with Crippen LogP contribution in [-0.4, -0.2) is 42.1 Å². The maximum atomic E-state index is 12.7. The van der Waals surface area contributed by atoms with Gasteiger partial charge in [-0.05, 0) is 56.2 Å². The molecule has 2 fully saturated rings. The number of benzene rings is 1. The summed E-state index contributed by atoms with van der Waals surface area (Å²) in [5.74, 6) is 6.16. The number of nitrogens with two attached hydrogens (primary N) is 2. The number of nitrogen functional groups attached to an aromatic ring is 1. The van der Waals surface area contributed by atoms with Crippen LogP contribution in [0.1, 0.15) is 37.3 Å².